The lowest BCUT2D eigenvalue weighted by molar-refractivity contribution is -0.117. The third-order valence-electron chi connectivity index (χ3n) is 3.82. The number of benzene rings is 1. The first-order valence-electron chi connectivity index (χ1n) is 6.67. The molecule has 21 heavy (non-hydrogen) atoms. The van der Waals surface area contributed by atoms with Crippen molar-refractivity contribution < 1.29 is 4.79 Å². The van der Waals surface area contributed by atoms with Gasteiger partial charge in [-0.25, -0.2) is 0 Å². The Morgan fingerprint density at radius 2 is 1.95 bits per heavy atom. The highest BCUT2D eigenvalue weighted by Gasteiger charge is 2.32. The van der Waals surface area contributed by atoms with Gasteiger partial charge in [0.15, 0.2) is 0 Å². The van der Waals surface area contributed by atoms with Crippen LogP contribution in [0.1, 0.15) is 32.1 Å². The minimum atomic E-state index is -0.400. The van der Waals surface area contributed by atoms with Crippen LogP contribution in [0.2, 0.25) is 10.0 Å². The zero-order chi connectivity index (χ0) is 15.0. The molecule has 0 saturated heterocycles. The van der Waals surface area contributed by atoms with Gasteiger partial charge in [-0.15, -0.1) is 0 Å². The topological polar surface area (TPSA) is 80.9 Å². The summed E-state index contributed by atoms with van der Waals surface area (Å²) in [5, 5.41) is 3.59. The Bertz CT molecular complexity index is 697. The SMILES string of the molecule is NC1(CC(=O)Nc2c(Cl)cc(Cl)c3nsnc23)CCCC1. The number of hydrogen-bond acceptors (Lipinski definition) is 5. The zero-order valence-corrected chi connectivity index (χ0v) is 13.5. The van der Waals surface area contributed by atoms with Crippen molar-refractivity contribution in [2.45, 2.75) is 37.6 Å². The molecule has 3 N–H and O–H groups in total. The van der Waals surface area contributed by atoms with E-state index >= 15 is 0 Å². The summed E-state index contributed by atoms with van der Waals surface area (Å²) in [6.07, 6.45) is 4.19. The second-order valence-electron chi connectivity index (χ2n) is 5.47. The molecule has 1 aliphatic carbocycles. The highest BCUT2D eigenvalue weighted by Crippen LogP contribution is 2.36. The van der Waals surface area contributed by atoms with E-state index in [1.807, 2.05) is 0 Å². The van der Waals surface area contributed by atoms with Crippen LogP contribution in [-0.4, -0.2) is 20.2 Å². The molecule has 0 atom stereocenters. The number of amides is 1. The fourth-order valence-electron chi connectivity index (χ4n) is 2.75. The summed E-state index contributed by atoms with van der Waals surface area (Å²) in [5.41, 5.74) is 7.35. The molecule has 1 amide bonds. The van der Waals surface area contributed by atoms with Gasteiger partial charge in [-0.3, -0.25) is 4.79 Å². The van der Waals surface area contributed by atoms with Crippen LogP contribution in [0.5, 0.6) is 0 Å². The minimum Gasteiger partial charge on any atom is -0.325 e. The number of carbonyl (C=O) groups excluding carboxylic acids is 1. The summed E-state index contributed by atoms with van der Waals surface area (Å²) in [5.74, 6) is -0.155. The Morgan fingerprint density at radius 3 is 2.67 bits per heavy atom. The average molecular weight is 345 g/mol. The second kappa shape index (κ2) is 5.68. The van der Waals surface area contributed by atoms with Gasteiger partial charge >= 0.3 is 0 Å². The van der Waals surface area contributed by atoms with E-state index in [1.165, 1.54) is 0 Å². The number of fused-ring (bicyclic) bond motifs is 1. The van der Waals surface area contributed by atoms with Crippen LogP contribution in [0, 0.1) is 0 Å². The van der Waals surface area contributed by atoms with Gasteiger partial charge in [-0.1, -0.05) is 36.0 Å². The molecule has 1 aromatic heterocycles. The van der Waals surface area contributed by atoms with E-state index in [-0.39, 0.29) is 12.3 Å². The molecule has 1 heterocycles. The molecule has 5 nitrogen and oxygen atoms in total. The van der Waals surface area contributed by atoms with Crippen LogP contribution in [-0.2, 0) is 4.79 Å². The van der Waals surface area contributed by atoms with Crippen molar-refractivity contribution >= 4 is 57.6 Å². The number of rotatable bonds is 3. The third-order valence-corrected chi connectivity index (χ3v) is 4.93. The normalized spacial score (nSPS) is 17.3. The van der Waals surface area contributed by atoms with Crippen LogP contribution in [0.15, 0.2) is 6.07 Å². The van der Waals surface area contributed by atoms with Crippen molar-refractivity contribution in [1.82, 2.24) is 8.75 Å². The molecule has 0 spiro atoms. The van der Waals surface area contributed by atoms with E-state index in [1.54, 1.807) is 6.07 Å². The summed E-state index contributed by atoms with van der Waals surface area (Å²) in [4.78, 5) is 12.2. The fourth-order valence-corrected chi connectivity index (χ4v) is 3.91. The van der Waals surface area contributed by atoms with Crippen LogP contribution in [0.25, 0.3) is 11.0 Å². The van der Waals surface area contributed by atoms with Crippen molar-refractivity contribution in [3.8, 4) is 0 Å². The van der Waals surface area contributed by atoms with E-state index in [2.05, 4.69) is 14.1 Å². The lowest BCUT2D eigenvalue weighted by atomic mass is 9.94. The molecule has 2 aromatic rings. The summed E-state index contributed by atoms with van der Waals surface area (Å²) in [6.45, 7) is 0. The third kappa shape index (κ3) is 2.99. The van der Waals surface area contributed by atoms with Crippen molar-refractivity contribution in [2.24, 2.45) is 5.73 Å². The second-order valence-corrected chi connectivity index (χ2v) is 6.81. The largest absolute Gasteiger partial charge is 0.325 e. The van der Waals surface area contributed by atoms with Crippen LogP contribution in [0.4, 0.5) is 5.69 Å². The number of hydrogen-bond donors (Lipinski definition) is 2. The number of aromatic nitrogens is 2. The highest BCUT2D eigenvalue weighted by atomic mass is 35.5. The van der Waals surface area contributed by atoms with Crippen molar-refractivity contribution in [3.05, 3.63) is 16.1 Å². The predicted octanol–water partition coefficient (Wildman–Crippen LogP) is 3.60. The highest BCUT2D eigenvalue weighted by molar-refractivity contribution is 7.00. The molecule has 0 bridgehead atoms. The monoisotopic (exact) mass is 344 g/mol. The van der Waals surface area contributed by atoms with Crippen LogP contribution < -0.4 is 11.1 Å². The fraction of sp³-hybridized carbons (Fsp3) is 0.462. The molecule has 1 saturated carbocycles. The number of nitrogens with one attached hydrogen (secondary N) is 1. The quantitative estimate of drug-likeness (QED) is 0.891. The molecule has 3 rings (SSSR count). The summed E-state index contributed by atoms with van der Waals surface area (Å²) in [7, 11) is 0. The van der Waals surface area contributed by atoms with Crippen molar-refractivity contribution in [3.63, 3.8) is 0 Å². The lowest BCUT2D eigenvalue weighted by Gasteiger charge is -2.22. The Labute approximate surface area is 136 Å². The molecule has 1 aliphatic rings. The zero-order valence-electron chi connectivity index (χ0n) is 11.2. The Morgan fingerprint density at radius 1 is 1.29 bits per heavy atom. The molecule has 8 heteroatoms. The molecular weight excluding hydrogens is 331 g/mol. The summed E-state index contributed by atoms with van der Waals surface area (Å²) in [6, 6.07) is 1.57. The smallest absolute Gasteiger partial charge is 0.226 e. The van der Waals surface area contributed by atoms with Gasteiger partial charge in [-0.2, -0.15) is 8.75 Å². The van der Waals surface area contributed by atoms with Crippen LogP contribution in [0.3, 0.4) is 0 Å². The van der Waals surface area contributed by atoms with Gasteiger partial charge in [0.05, 0.1) is 27.5 Å². The lowest BCUT2D eigenvalue weighted by Crippen LogP contribution is -2.40. The van der Waals surface area contributed by atoms with Crippen LogP contribution >= 0.6 is 34.9 Å². The van der Waals surface area contributed by atoms with E-state index < -0.39 is 5.54 Å². The Hall–Kier alpha value is -0.950. The maximum atomic E-state index is 12.2. The van der Waals surface area contributed by atoms with Gasteiger partial charge in [0.25, 0.3) is 0 Å². The van der Waals surface area contributed by atoms with Gasteiger partial charge in [-0.05, 0) is 18.9 Å². The number of nitrogens with zero attached hydrogens (tertiary/aromatic N) is 2. The summed E-state index contributed by atoms with van der Waals surface area (Å²) < 4.78 is 8.27. The molecule has 1 fully saturated rings. The number of anilines is 1. The Kier molecular flexibility index (Phi) is 4.05. The van der Waals surface area contributed by atoms with Gasteiger partial charge in [0, 0.05) is 12.0 Å². The molecular formula is C13H14Cl2N4OS. The molecule has 0 aliphatic heterocycles. The van der Waals surface area contributed by atoms with E-state index in [9.17, 15) is 4.79 Å². The van der Waals surface area contributed by atoms with Gasteiger partial charge < -0.3 is 11.1 Å². The standard InChI is InChI=1S/C13H14Cl2N4OS/c14-7-5-8(15)11-12(19-21-18-11)10(7)17-9(20)6-13(16)3-1-2-4-13/h5H,1-4,6,16H2,(H,17,20). The summed E-state index contributed by atoms with van der Waals surface area (Å²) >= 11 is 13.3. The number of nitrogens with two attached hydrogens (primary N) is 1. The Balaban J connectivity index is 1.84. The number of halogens is 2. The first kappa shape index (κ1) is 15.0. The average Bonchev–Trinajstić information content (AvgIpc) is 3.03. The molecule has 0 unspecified atom stereocenters. The van der Waals surface area contributed by atoms with Crippen molar-refractivity contribution in [2.75, 3.05) is 5.32 Å². The first-order chi connectivity index (χ1) is 9.98. The molecule has 1 aromatic carbocycles. The van der Waals surface area contributed by atoms with Gasteiger partial charge in [0.1, 0.15) is 11.0 Å². The van der Waals surface area contributed by atoms with E-state index in [0.717, 1.165) is 37.4 Å². The molecule has 0 radical (unpaired) electrons. The maximum Gasteiger partial charge on any atom is 0.226 e. The van der Waals surface area contributed by atoms with Crippen molar-refractivity contribution in [1.29, 1.82) is 0 Å². The predicted molar refractivity (Wildman–Crippen MR) is 86.1 cm³/mol. The molecule has 112 valence electrons. The van der Waals surface area contributed by atoms with Gasteiger partial charge in [0.2, 0.25) is 5.91 Å². The minimum absolute atomic E-state index is 0.155. The number of carbonyl (C=O) groups is 1. The first-order valence-corrected chi connectivity index (χ1v) is 8.16. The van der Waals surface area contributed by atoms with E-state index in [0.29, 0.717) is 26.8 Å². The van der Waals surface area contributed by atoms with E-state index in [4.69, 9.17) is 28.9 Å². The maximum absolute atomic E-state index is 12.2.